The third kappa shape index (κ3) is 32.3. The van der Waals surface area contributed by atoms with Gasteiger partial charge in [0.05, 0.1) is 12.7 Å². The van der Waals surface area contributed by atoms with Crippen LogP contribution in [0.25, 0.3) is 0 Å². The van der Waals surface area contributed by atoms with Crippen LogP contribution in [0.1, 0.15) is 205 Å². The van der Waals surface area contributed by atoms with Gasteiger partial charge in [0.25, 0.3) is 0 Å². The molecule has 0 aliphatic heterocycles. The molecule has 0 bridgehead atoms. The molecule has 0 saturated carbocycles. The monoisotopic (exact) mass is 637 g/mol. The first-order valence-corrected chi connectivity index (χ1v) is 20.6. The van der Waals surface area contributed by atoms with Crippen molar-refractivity contribution in [3.63, 3.8) is 0 Å². The van der Waals surface area contributed by atoms with Crippen LogP contribution in [0.5, 0.6) is 0 Å². The summed E-state index contributed by atoms with van der Waals surface area (Å²) >= 11 is 0. The van der Waals surface area contributed by atoms with E-state index in [2.05, 4.69) is 76.2 Å². The minimum Gasteiger partial charge on any atom is -0.379 e. The maximum absolute atomic E-state index is 6.11. The van der Waals surface area contributed by atoms with Crippen molar-refractivity contribution in [2.24, 2.45) is 47.3 Å². The standard InChI is InChI=1S/C43H88O2/c1-35(2)18-12-20-37(5)22-14-24-39(7)26-16-28-41(9)30-32-44-34-43(11)45-33-31-42(10)29-17-27-40(8)25-15-23-38(6)21-13-19-36(3)4/h35-43H,12-34H2,1-11H3/t37-,38-,39-,40-,41-,42-,43-/m1/s1. The fourth-order valence-electron chi connectivity index (χ4n) is 6.93. The van der Waals surface area contributed by atoms with Gasteiger partial charge in [-0.2, -0.15) is 0 Å². The van der Waals surface area contributed by atoms with Gasteiger partial charge in [0.1, 0.15) is 0 Å². The normalized spacial score (nSPS) is 17.0. The van der Waals surface area contributed by atoms with Gasteiger partial charge in [0.2, 0.25) is 0 Å². The number of rotatable bonds is 33. The van der Waals surface area contributed by atoms with E-state index in [1.165, 1.54) is 128 Å². The second-order valence-corrected chi connectivity index (χ2v) is 17.3. The molecule has 45 heavy (non-hydrogen) atoms. The molecule has 272 valence electrons. The smallest absolute Gasteiger partial charge is 0.0780 e. The number of hydrogen-bond acceptors (Lipinski definition) is 2. The van der Waals surface area contributed by atoms with Crippen molar-refractivity contribution in [1.82, 2.24) is 0 Å². The van der Waals surface area contributed by atoms with Gasteiger partial charge in [-0.05, 0) is 67.1 Å². The summed E-state index contributed by atoms with van der Waals surface area (Å²) in [5.74, 6) is 6.84. The van der Waals surface area contributed by atoms with Crippen molar-refractivity contribution in [1.29, 1.82) is 0 Å². The van der Waals surface area contributed by atoms with E-state index >= 15 is 0 Å². The lowest BCUT2D eigenvalue weighted by atomic mass is 9.91. The molecule has 0 rings (SSSR count). The molecular formula is C43H88O2. The van der Waals surface area contributed by atoms with Crippen LogP contribution >= 0.6 is 0 Å². The minimum atomic E-state index is 0.207. The highest BCUT2D eigenvalue weighted by atomic mass is 16.5. The Balaban J connectivity index is 3.66. The predicted molar refractivity (Wildman–Crippen MR) is 203 cm³/mol. The molecule has 0 N–H and O–H groups in total. The van der Waals surface area contributed by atoms with Gasteiger partial charge < -0.3 is 9.47 Å². The zero-order valence-corrected chi connectivity index (χ0v) is 33.3. The van der Waals surface area contributed by atoms with Crippen LogP contribution in [0.15, 0.2) is 0 Å². The van der Waals surface area contributed by atoms with Gasteiger partial charge in [-0.3, -0.25) is 0 Å². The van der Waals surface area contributed by atoms with Crippen molar-refractivity contribution in [3.05, 3.63) is 0 Å². The molecule has 2 nitrogen and oxygen atoms in total. The van der Waals surface area contributed by atoms with Gasteiger partial charge in [-0.15, -0.1) is 0 Å². The molecule has 0 aliphatic rings. The van der Waals surface area contributed by atoms with Gasteiger partial charge >= 0.3 is 0 Å². The van der Waals surface area contributed by atoms with Crippen molar-refractivity contribution in [2.75, 3.05) is 19.8 Å². The molecule has 0 aromatic rings. The molecule has 0 spiro atoms. The summed E-state index contributed by atoms with van der Waals surface area (Å²) in [4.78, 5) is 0. The highest BCUT2D eigenvalue weighted by Gasteiger charge is 2.11. The molecule has 0 aliphatic carbocycles. The lowest BCUT2D eigenvalue weighted by Gasteiger charge is -2.18. The number of ether oxygens (including phenoxy) is 2. The summed E-state index contributed by atoms with van der Waals surface area (Å²) in [6.07, 6.45) is 27.8. The van der Waals surface area contributed by atoms with E-state index in [9.17, 15) is 0 Å². The molecule has 2 heteroatoms. The van der Waals surface area contributed by atoms with E-state index < -0.39 is 0 Å². The lowest BCUT2D eigenvalue weighted by molar-refractivity contribution is -0.0132. The van der Waals surface area contributed by atoms with Crippen molar-refractivity contribution in [2.45, 2.75) is 211 Å². The van der Waals surface area contributed by atoms with E-state index in [1.807, 2.05) is 0 Å². The average Bonchev–Trinajstić information content (AvgIpc) is 2.95. The van der Waals surface area contributed by atoms with Crippen molar-refractivity contribution in [3.8, 4) is 0 Å². The van der Waals surface area contributed by atoms with E-state index in [0.29, 0.717) is 0 Å². The summed E-state index contributed by atoms with van der Waals surface area (Å²) in [7, 11) is 0. The van der Waals surface area contributed by atoms with E-state index in [0.717, 1.165) is 67.2 Å². The van der Waals surface area contributed by atoms with Crippen LogP contribution in [-0.2, 0) is 9.47 Å². The maximum atomic E-state index is 6.11. The van der Waals surface area contributed by atoms with E-state index in [4.69, 9.17) is 9.47 Å². The Morgan fingerprint density at radius 2 is 0.578 bits per heavy atom. The van der Waals surface area contributed by atoms with E-state index in [-0.39, 0.29) is 6.10 Å². The minimum absolute atomic E-state index is 0.207. The quantitative estimate of drug-likeness (QED) is 0.0667. The summed E-state index contributed by atoms with van der Waals surface area (Å²) in [5, 5.41) is 0. The summed E-state index contributed by atoms with van der Waals surface area (Å²) in [6, 6.07) is 0. The highest BCUT2D eigenvalue weighted by Crippen LogP contribution is 2.24. The molecule has 0 heterocycles. The van der Waals surface area contributed by atoms with Crippen LogP contribution in [0.3, 0.4) is 0 Å². The van der Waals surface area contributed by atoms with Gasteiger partial charge in [-0.1, -0.05) is 185 Å². The third-order valence-corrected chi connectivity index (χ3v) is 10.7. The summed E-state index contributed by atoms with van der Waals surface area (Å²) < 4.78 is 12.1. The second kappa shape index (κ2) is 30.0. The van der Waals surface area contributed by atoms with Crippen LogP contribution in [0, 0.1) is 47.3 Å². The molecule has 0 radical (unpaired) electrons. The molecule has 7 atom stereocenters. The molecule has 0 aromatic carbocycles. The Morgan fingerprint density at radius 1 is 0.311 bits per heavy atom. The predicted octanol–water partition coefficient (Wildman–Crippen LogP) is 14.3. The first-order chi connectivity index (χ1) is 21.4. The van der Waals surface area contributed by atoms with Crippen LogP contribution in [-0.4, -0.2) is 25.9 Å². The van der Waals surface area contributed by atoms with Crippen molar-refractivity contribution < 1.29 is 9.47 Å². The highest BCUT2D eigenvalue weighted by molar-refractivity contribution is 4.63. The summed E-state index contributed by atoms with van der Waals surface area (Å²) in [6.45, 7) is 28.7. The first-order valence-electron chi connectivity index (χ1n) is 20.6. The SMILES string of the molecule is CC(C)CCC[C@@H](C)CCC[C@@H](C)CCC[C@@H](C)CCOC[C@@H](C)OCC[C@H](C)CCC[C@H](C)CCC[C@H](C)CCCC(C)C. The maximum Gasteiger partial charge on any atom is 0.0780 e. The number of hydrogen-bond donors (Lipinski definition) is 0. The Labute approximate surface area is 286 Å². The zero-order chi connectivity index (χ0) is 33.9. The van der Waals surface area contributed by atoms with Crippen LogP contribution in [0.2, 0.25) is 0 Å². The fourth-order valence-corrected chi connectivity index (χ4v) is 6.93. The van der Waals surface area contributed by atoms with Gasteiger partial charge in [-0.25, -0.2) is 0 Å². The van der Waals surface area contributed by atoms with Gasteiger partial charge in [0, 0.05) is 13.2 Å². The Bertz CT molecular complexity index is 601. The first kappa shape index (κ1) is 44.9. The van der Waals surface area contributed by atoms with Crippen LogP contribution in [0.4, 0.5) is 0 Å². The lowest BCUT2D eigenvalue weighted by Crippen LogP contribution is -2.18. The van der Waals surface area contributed by atoms with Crippen LogP contribution < -0.4 is 0 Å². The molecular weight excluding hydrogens is 548 g/mol. The van der Waals surface area contributed by atoms with E-state index in [1.54, 1.807) is 0 Å². The third-order valence-electron chi connectivity index (χ3n) is 10.7. The largest absolute Gasteiger partial charge is 0.379 e. The Kier molecular flexibility index (Phi) is 30.0. The molecule has 0 amide bonds. The summed E-state index contributed by atoms with van der Waals surface area (Å²) in [5.41, 5.74) is 0. The zero-order valence-electron chi connectivity index (χ0n) is 33.3. The molecule has 0 unspecified atom stereocenters. The molecule has 0 aromatic heterocycles. The molecule has 0 fully saturated rings. The Morgan fingerprint density at radius 3 is 0.889 bits per heavy atom. The van der Waals surface area contributed by atoms with Crippen molar-refractivity contribution >= 4 is 0 Å². The fraction of sp³-hybridized carbons (Fsp3) is 1.00. The average molecular weight is 637 g/mol. The Hall–Kier alpha value is -0.0800. The van der Waals surface area contributed by atoms with Gasteiger partial charge in [0.15, 0.2) is 0 Å². The second-order valence-electron chi connectivity index (χ2n) is 17.3. The topological polar surface area (TPSA) is 18.5 Å². The molecule has 0 saturated heterocycles.